The number of halogens is 1. The highest BCUT2D eigenvalue weighted by Crippen LogP contribution is 2.32. The summed E-state index contributed by atoms with van der Waals surface area (Å²) < 4.78 is 6.02. The van der Waals surface area contributed by atoms with E-state index in [9.17, 15) is 0 Å². The monoisotopic (exact) mass is 297 g/mol. The molecule has 0 amide bonds. The summed E-state index contributed by atoms with van der Waals surface area (Å²) in [5.41, 5.74) is 6.29. The van der Waals surface area contributed by atoms with Crippen LogP contribution in [0.2, 0.25) is 5.02 Å². The highest BCUT2D eigenvalue weighted by molar-refractivity contribution is 7.80. The molecule has 4 heteroatoms. The maximum Gasteiger partial charge on any atom is 0.121 e. The third-order valence-corrected chi connectivity index (χ3v) is 4.59. The molecule has 1 saturated carbocycles. The lowest BCUT2D eigenvalue weighted by Crippen LogP contribution is -2.28. The number of hydrogen-bond acceptors (Lipinski definition) is 2. The Bertz CT molecular complexity index is 477. The van der Waals surface area contributed by atoms with Gasteiger partial charge in [-0.05, 0) is 49.3 Å². The third-order valence-electron chi connectivity index (χ3n) is 4.06. The predicted molar refractivity (Wildman–Crippen MR) is 83.9 cm³/mol. The summed E-state index contributed by atoms with van der Waals surface area (Å²) in [7, 11) is 0. The van der Waals surface area contributed by atoms with Crippen LogP contribution >= 0.6 is 23.8 Å². The molecule has 1 aliphatic rings. The summed E-state index contributed by atoms with van der Waals surface area (Å²) in [6.07, 6.45) is 3.73. The standard InChI is InChI=1S/C15H20ClNOS/c1-9-3-4-11(7-10(9)2)18-12-5-6-13(15(17)19)14(16)8-12/h5-6,8-11H,3-4,7H2,1-2H3,(H2,17,19). The van der Waals surface area contributed by atoms with Crippen molar-refractivity contribution in [2.24, 2.45) is 17.6 Å². The minimum Gasteiger partial charge on any atom is -0.490 e. The van der Waals surface area contributed by atoms with E-state index in [0.29, 0.717) is 21.5 Å². The van der Waals surface area contributed by atoms with Crippen molar-refractivity contribution in [2.45, 2.75) is 39.2 Å². The maximum absolute atomic E-state index is 6.15. The van der Waals surface area contributed by atoms with Crippen molar-refractivity contribution < 1.29 is 4.74 Å². The second-order valence-electron chi connectivity index (χ2n) is 5.51. The lowest BCUT2D eigenvalue weighted by atomic mass is 9.80. The largest absolute Gasteiger partial charge is 0.490 e. The van der Waals surface area contributed by atoms with Crippen LogP contribution in [0.3, 0.4) is 0 Å². The van der Waals surface area contributed by atoms with Gasteiger partial charge in [0.15, 0.2) is 0 Å². The highest BCUT2D eigenvalue weighted by Gasteiger charge is 2.25. The van der Waals surface area contributed by atoms with E-state index in [0.717, 1.165) is 24.5 Å². The van der Waals surface area contributed by atoms with Gasteiger partial charge in [-0.3, -0.25) is 0 Å². The van der Waals surface area contributed by atoms with Gasteiger partial charge in [-0.25, -0.2) is 0 Å². The van der Waals surface area contributed by atoms with Gasteiger partial charge < -0.3 is 10.5 Å². The Labute approximate surface area is 125 Å². The minimum absolute atomic E-state index is 0.290. The Morgan fingerprint density at radius 1 is 1.32 bits per heavy atom. The van der Waals surface area contributed by atoms with E-state index in [1.807, 2.05) is 12.1 Å². The molecule has 1 fully saturated rings. The topological polar surface area (TPSA) is 35.2 Å². The van der Waals surface area contributed by atoms with Gasteiger partial charge in [0.25, 0.3) is 0 Å². The van der Waals surface area contributed by atoms with Crippen molar-refractivity contribution in [1.29, 1.82) is 0 Å². The fourth-order valence-corrected chi connectivity index (χ4v) is 3.07. The van der Waals surface area contributed by atoms with Gasteiger partial charge in [0.1, 0.15) is 10.7 Å². The van der Waals surface area contributed by atoms with Crippen LogP contribution in [0, 0.1) is 11.8 Å². The van der Waals surface area contributed by atoms with Crippen molar-refractivity contribution in [3.05, 3.63) is 28.8 Å². The van der Waals surface area contributed by atoms with E-state index in [1.54, 1.807) is 6.07 Å². The molecule has 0 heterocycles. The van der Waals surface area contributed by atoms with E-state index in [2.05, 4.69) is 13.8 Å². The van der Waals surface area contributed by atoms with Crippen LogP contribution in [-0.4, -0.2) is 11.1 Å². The number of thiocarbonyl (C=S) groups is 1. The van der Waals surface area contributed by atoms with Crippen LogP contribution in [0.25, 0.3) is 0 Å². The van der Waals surface area contributed by atoms with Crippen molar-refractivity contribution >= 4 is 28.8 Å². The van der Waals surface area contributed by atoms with Gasteiger partial charge >= 0.3 is 0 Å². The minimum atomic E-state index is 0.290. The van der Waals surface area contributed by atoms with Crippen LogP contribution < -0.4 is 10.5 Å². The normalized spacial score (nSPS) is 27.0. The first-order valence-electron chi connectivity index (χ1n) is 6.73. The number of benzene rings is 1. The lowest BCUT2D eigenvalue weighted by Gasteiger charge is -2.32. The van der Waals surface area contributed by atoms with Crippen molar-refractivity contribution in [3.63, 3.8) is 0 Å². The van der Waals surface area contributed by atoms with Crippen molar-refractivity contribution in [3.8, 4) is 5.75 Å². The fraction of sp³-hybridized carbons (Fsp3) is 0.533. The fourth-order valence-electron chi connectivity index (χ4n) is 2.57. The van der Waals surface area contributed by atoms with Gasteiger partial charge in [-0.1, -0.05) is 37.7 Å². The zero-order valence-corrected chi connectivity index (χ0v) is 12.9. The van der Waals surface area contributed by atoms with E-state index < -0.39 is 0 Å². The number of hydrogen-bond donors (Lipinski definition) is 1. The summed E-state index contributed by atoms with van der Waals surface area (Å²) in [5, 5.41) is 0.558. The van der Waals surface area contributed by atoms with Gasteiger partial charge in [0.2, 0.25) is 0 Å². The van der Waals surface area contributed by atoms with Crippen molar-refractivity contribution in [2.75, 3.05) is 0 Å². The first kappa shape index (κ1) is 14.6. The van der Waals surface area contributed by atoms with E-state index in [4.69, 9.17) is 34.3 Å². The second kappa shape index (κ2) is 6.10. The number of ether oxygens (including phenoxy) is 1. The molecule has 3 atom stereocenters. The van der Waals surface area contributed by atoms with Crippen LogP contribution in [0.15, 0.2) is 18.2 Å². The SMILES string of the molecule is CC1CCC(Oc2ccc(C(N)=S)c(Cl)c2)CC1C. The van der Waals surface area contributed by atoms with Crippen LogP contribution in [0.5, 0.6) is 5.75 Å². The molecule has 0 aliphatic heterocycles. The predicted octanol–water partition coefficient (Wildman–Crippen LogP) is 4.18. The molecule has 19 heavy (non-hydrogen) atoms. The number of nitrogens with two attached hydrogens (primary N) is 1. The molecular formula is C15H20ClNOS. The molecule has 1 aliphatic carbocycles. The van der Waals surface area contributed by atoms with Crippen LogP contribution in [0.4, 0.5) is 0 Å². The molecule has 0 aromatic heterocycles. The van der Waals surface area contributed by atoms with Gasteiger partial charge in [0, 0.05) is 5.56 Å². The molecule has 0 saturated heterocycles. The third kappa shape index (κ3) is 3.61. The second-order valence-corrected chi connectivity index (χ2v) is 6.36. The van der Waals surface area contributed by atoms with E-state index in [-0.39, 0.29) is 6.10 Å². The average molecular weight is 298 g/mol. The first-order valence-corrected chi connectivity index (χ1v) is 7.52. The molecule has 1 aromatic carbocycles. The smallest absolute Gasteiger partial charge is 0.121 e. The first-order chi connectivity index (χ1) is 8.97. The molecule has 2 nitrogen and oxygen atoms in total. The summed E-state index contributed by atoms with van der Waals surface area (Å²) in [6.45, 7) is 4.61. The zero-order valence-electron chi connectivity index (χ0n) is 11.4. The number of rotatable bonds is 3. The summed E-state index contributed by atoms with van der Waals surface area (Å²) in [4.78, 5) is 0.316. The Balaban J connectivity index is 2.04. The van der Waals surface area contributed by atoms with E-state index >= 15 is 0 Å². The summed E-state index contributed by atoms with van der Waals surface area (Å²) >= 11 is 11.1. The maximum atomic E-state index is 6.15. The van der Waals surface area contributed by atoms with Gasteiger partial charge in [-0.15, -0.1) is 0 Å². The Morgan fingerprint density at radius 3 is 2.63 bits per heavy atom. The molecule has 2 N–H and O–H groups in total. The summed E-state index contributed by atoms with van der Waals surface area (Å²) in [6, 6.07) is 5.52. The Hall–Kier alpha value is -0.800. The molecule has 0 bridgehead atoms. The molecule has 0 spiro atoms. The molecule has 1 aromatic rings. The van der Waals surface area contributed by atoms with Crippen LogP contribution in [-0.2, 0) is 0 Å². The summed E-state index contributed by atoms with van der Waals surface area (Å²) in [5.74, 6) is 2.31. The molecule has 104 valence electrons. The molecule has 0 radical (unpaired) electrons. The highest BCUT2D eigenvalue weighted by atomic mass is 35.5. The Morgan fingerprint density at radius 2 is 2.05 bits per heavy atom. The van der Waals surface area contributed by atoms with Crippen molar-refractivity contribution in [1.82, 2.24) is 0 Å². The van der Waals surface area contributed by atoms with Gasteiger partial charge in [-0.2, -0.15) is 0 Å². The van der Waals surface area contributed by atoms with Gasteiger partial charge in [0.05, 0.1) is 11.1 Å². The average Bonchev–Trinajstić information content (AvgIpc) is 2.33. The van der Waals surface area contributed by atoms with E-state index in [1.165, 1.54) is 6.42 Å². The quantitative estimate of drug-likeness (QED) is 0.850. The molecule has 3 unspecified atom stereocenters. The zero-order chi connectivity index (χ0) is 14.0. The van der Waals surface area contributed by atoms with Crippen LogP contribution in [0.1, 0.15) is 38.7 Å². The lowest BCUT2D eigenvalue weighted by molar-refractivity contribution is 0.101. The molecule has 2 rings (SSSR count). The molecular weight excluding hydrogens is 278 g/mol. The Kier molecular flexibility index (Phi) is 4.69.